The molecular formula is C8H15. The Labute approximate surface area is 52.6 Å². The van der Waals surface area contributed by atoms with Gasteiger partial charge in [0.1, 0.15) is 0 Å². The Morgan fingerprint density at radius 2 is 2.25 bits per heavy atom. The molecule has 0 N–H and O–H groups in total. The molecule has 0 spiro atoms. The van der Waals surface area contributed by atoms with Crippen LogP contribution in [0.5, 0.6) is 0 Å². The molecule has 0 nitrogen and oxygen atoms in total. The van der Waals surface area contributed by atoms with Crippen LogP contribution in [-0.2, 0) is 0 Å². The van der Waals surface area contributed by atoms with Crippen molar-refractivity contribution in [2.24, 2.45) is 0 Å². The third-order valence-corrected chi connectivity index (χ3v) is 1.17. The fourth-order valence-electron chi connectivity index (χ4n) is 0.775. The van der Waals surface area contributed by atoms with E-state index in [0.29, 0.717) is 0 Å². The molecule has 0 bridgehead atoms. The summed E-state index contributed by atoms with van der Waals surface area (Å²) >= 11 is 0. The first-order valence-corrected chi connectivity index (χ1v) is 3.23. The molecule has 0 aliphatic rings. The molecule has 0 unspecified atom stereocenters. The highest BCUT2D eigenvalue weighted by Crippen LogP contribution is 2.11. The quantitative estimate of drug-likeness (QED) is 0.489. The molecule has 0 heterocycles. The van der Waals surface area contributed by atoms with E-state index >= 15 is 0 Å². The summed E-state index contributed by atoms with van der Waals surface area (Å²) in [6.45, 7) is 8.05. The van der Waals surface area contributed by atoms with Crippen molar-refractivity contribution in [2.45, 2.75) is 33.1 Å². The summed E-state index contributed by atoms with van der Waals surface area (Å²) in [4.78, 5) is 0. The van der Waals surface area contributed by atoms with Gasteiger partial charge in [-0.05, 0) is 18.8 Å². The Kier molecular flexibility index (Phi) is 4.73. The first-order chi connectivity index (χ1) is 3.81. The topological polar surface area (TPSA) is 0 Å². The zero-order chi connectivity index (χ0) is 6.41. The van der Waals surface area contributed by atoms with Crippen LogP contribution >= 0.6 is 0 Å². The Balaban J connectivity index is 3.03. The molecule has 0 aromatic heterocycles. The number of rotatable bonds is 4. The van der Waals surface area contributed by atoms with Crippen molar-refractivity contribution in [3.8, 4) is 0 Å². The highest BCUT2D eigenvalue weighted by molar-refractivity contribution is 4.90. The maximum absolute atomic E-state index is 3.66. The molecule has 47 valence electrons. The molecule has 0 saturated heterocycles. The maximum atomic E-state index is 3.66. The summed E-state index contributed by atoms with van der Waals surface area (Å²) in [6.07, 6.45) is 5.57. The fraction of sp³-hybridized carbons (Fsp3) is 0.625. The van der Waals surface area contributed by atoms with Crippen LogP contribution in [0.4, 0.5) is 0 Å². The summed E-state index contributed by atoms with van der Waals surface area (Å²) in [6, 6.07) is 0. The molecule has 0 amide bonds. The van der Waals surface area contributed by atoms with Crippen LogP contribution in [0.1, 0.15) is 33.1 Å². The minimum atomic E-state index is 1.09. The largest absolute Gasteiger partial charge is 0.103 e. The van der Waals surface area contributed by atoms with Crippen molar-refractivity contribution >= 4 is 0 Å². The van der Waals surface area contributed by atoms with E-state index in [0.717, 1.165) is 6.42 Å². The smallest absolute Gasteiger partial charge is 0.0235 e. The predicted molar refractivity (Wildman–Crippen MR) is 38.6 cm³/mol. The van der Waals surface area contributed by atoms with Crippen molar-refractivity contribution in [1.82, 2.24) is 0 Å². The molecule has 0 aliphatic carbocycles. The van der Waals surface area contributed by atoms with Crippen LogP contribution < -0.4 is 0 Å². The van der Waals surface area contributed by atoms with Crippen LogP contribution in [-0.4, -0.2) is 0 Å². The molecule has 0 fully saturated rings. The highest BCUT2D eigenvalue weighted by Gasteiger charge is 1.94. The van der Waals surface area contributed by atoms with Crippen molar-refractivity contribution in [3.63, 3.8) is 0 Å². The van der Waals surface area contributed by atoms with Crippen LogP contribution in [0.25, 0.3) is 0 Å². The van der Waals surface area contributed by atoms with Crippen molar-refractivity contribution in [3.05, 3.63) is 18.6 Å². The van der Waals surface area contributed by atoms with Gasteiger partial charge in [0.25, 0.3) is 0 Å². The average molecular weight is 111 g/mol. The third kappa shape index (κ3) is 3.91. The highest BCUT2D eigenvalue weighted by atomic mass is 14.0. The fourth-order valence-corrected chi connectivity index (χ4v) is 0.775. The van der Waals surface area contributed by atoms with Gasteiger partial charge in [0.2, 0.25) is 0 Å². The first-order valence-electron chi connectivity index (χ1n) is 3.23. The molecule has 0 rings (SSSR count). The van der Waals surface area contributed by atoms with Crippen LogP contribution in [0.3, 0.4) is 0 Å². The molecule has 8 heavy (non-hydrogen) atoms. The minimum absolute atomic E-state index is 1.09. The maximum Gasteiger partial charge on any atom is -0.0235 e. The van der Waals surface area contributed by atoms with Gasteiger partial charge in [-0.1, -0.05) is 26.3 Å². The molecule has 0 saturated carbocycles. The summed E-state index contributed by atoms with van der Waals surface area (Å²) in [5, 5.41) is 0. The number of hydrogen-bond donors (Lipinski definition) is 0. The Bertz CT molecular complexity index is 55.1. The standard InChI is InChI=1S/C8H15/c1-4-6-8(3)7-5-2/h4H,1,5-7H2,2-3H3. The molecule has 0 atom stereocenters. The van der Waals surface area contributed by atoms with Crippen molar-refractivity contribution in [1.29, 1.82) is 0 Å². The monoisotopic (exact) mass is 111 g/mol. The second-order valence-electron chi connectivity index (χ2n) is 2.20. The first kappa shape index (κ1) is 7.74. The zero-order valence-corrected chi connectivity index (χ0v) is 5.91. The van der Waals surface area contributed by atoms with Crippen LogP contribution in [0.2, 0.25) is 0 Å². The lowest BCUT2D eigenvalue weighted by molar-refractivity contribution is 0.771. The van der Waals surface area contributed by atoms with Gasteiger partial charge in [-0.2, -0.15) is 0 Å². The summed E-state index contributed by atoms with van der Waals surface area (Å²) in [5.41, 5.74) is 0. The molecule has 0 aromatic rings. The lowest BCUT2D eigenvalue weighted by atomic mass is 10.0. The number of allylic oxidation sites excluding steroid dienone is 1. The van der Waals surface area contributed by atoms with E-state index in [9.17, 15) is 0 Å². The second-order valence-corrected chi connectivity index (χ2v) is 2.20. The zero-order valence-electron chi connectivity index (χ0n) is 5.91. The lowest BCUT2D eigenvalue weighted by Gasteiger charge is -2.02. The van der Waals surface area contributed by atoms with E-state index in [4.69, 9.17) is 0 Å². The van der Waals surface area contributed by atoms with Crippen LogP contribution in [0, 0.1) is 5.92 Å². The summed E-state index contributed by atoms with van der Waals surface area (Å²) < 4.78 is 0. The van der Waals surface area contributed by atoms with Gasteiger partial charge in [0.15, 0.2) is 0 Å². The van der Waals surface area contributed by atoms with Crippen molar-refractivity contribution < 1.29 is 0 Å². The van der Waals surface area contributed by atoms with E-state index in [2.05, 4.69) is 20.4 Å². The molecule has 0 aliphatic heterocycles. The number of hydrogen-bond acceptors (Lipinski definition) is 0. The van der Waals surface area contributed by atoms with E-state index < -0.39 is 0 Å². The van der Waals surface area contributed by atoms with E-state index in [1.54, 1.807) is 5.92 Å². The Hall–Kier alpha value is -0.260. The predicted octanol–water partition coefficient (Wildman–Crippen LogP) is 2.96. The second kappa shape index (κ2) is 4.89. The Morgan fingerprint density at radius 3 is 2.62 bits per heavy atom. The molecular weight excluding hydrogens is 96.1 g/mol. The lowest BCUT2D eigenvalue weighted by Crippen LogP contribution is -1.86. The molecule has 0 aromatic carbocycles. The average Bonchev–Trinajstić information content (AvgIpc) is 1.68. The molecule has 0 heteroatoms. The van der Waals surface area contributed by atoms with Gasteiger partial charge < -0.3 is 0 Å². The van der Waals surface area contributed by atoms with E-state index in [1.807, 2.05) is 6.08 Å². The normalized spacial score (nSPS) is 9.88. The van der Waals surface area contributed by atoms with Gasteiger partial charge in [-0.15, -0.1) is 6.58 Å². The minimum Gasteiger partial charge on any atom is -0.103 e. The van der Waals surface area contributed by atoms with Gasteiger partial charge in [0, 0.05) is 0 Å². The van der Waals surface area contributed by atoms with Gasteiger partial charge in [0.05, 0.1) is 0 Å². The molecule has 1 radical (unpaired) electrons. The van der Waals surface area contributed by atoms with Gasteiger partial charge >= 0.3 is 0 Å². The van der Waals surface area contributed by atoms with Gasteiger partial charge in [-0.25, -0.2) is 0 Å². The summed E-state index contributed by atoms with van der Waals surface area (Å²) in [7, 11) is 0. The Morgan fingerprint density at radius 1 is 1.62 bits per heavy atom. The van der Waals surface area contributed by atoms with Crippen LogP contribution in [0.15, 0.2) is 12.7 Å². The summed E-state index contributed by atoms with van der Waals surface area (Å²) in [5.74, 6) is 1.54. The van der Waals surface area contributed by atoms with E-state index in [-0.39, 0.29) is 0 Å². The SMILES string of the molecule is C=CC[C](C)CCC. The van der Waals surface area contributed by atoms with Crippen molar-refractivity contribution in [2.75, 3.05) is 0 Å². The van der Waals surface area contributed by atoms with Gasteiger partial charge in [-0.3, -0.25) is 0 Å². The third-order valence-electron chi connectivity index (χ3n) is 1.17. The van der Waals surface area contributed by atoms with E-state index in [1.165, 1.54) is 12.8 Å².